The van der Waals surface area contributed by atoms with Gasteiger partial charge in [0.1, 0.15) is 5.69 Å². The Morgan fingerprint density at radius 1 is 1.29 bits per heavy atom. The van der Waals surface area contributed by atoms with Crippen molar-refractivity contribution in [3.8, 4) is 0 Å². The molecule has 0 unspecified atom stereocenters. The Hall–Kier alpha value is -2.07. The molecule has 0 radical (unpaired) electrons. The van der Waals surface area contributed by atoms with Gasteiger partial charge in [-0.15, -0.1) is 0 Å². The first kappa shape index (κ1) is 15.3. The molecule has 4 nitrogen and oxygen atoms in total. The normalized spacial score (nSPS) is 10.5. The number of carbonyl (C=O) groups is 2. The van der Waals surface area contributed by atoms with Gasteiger partial charge in [-0.05, 0) is 24.6 Å². The van der Waals surface area contributed by atoms with E-state index in [1.165, 1.54) is 6.92 Å². The summed E-state index contributed by atoms with van der Waals surface area (Å²) in [4.78, 5) is 25.4. The second-order valence-electron chi connectivity index (χ2n) is 5.03. The molecule has 1 aromatic carbocycles. The molecule has 0 aliphatic rings. The third-order valence-corrected chi connectivity index (χ3v) is 3.71. The van der Waals surface area contributed by atoms with Crippen LogP contribution in [0.3, 0.4) is 0 Å². The average Bonchev–Trinajstić information content (AvgIpc) is 2.82. The largest absolute Gasteiger partial charge is 0.346 e. The first-order valence-corrected chi connectivity index (χ1v) is 6.94. The van der Waals surface area contributed by atoms with Crippen LogP contribution >= 0.6 is 11.6 Å². The lowest BCUT2D eigenvalue weighted by Crippen LogP contribution is -2.27. The van der Waals surface area contributed by atoms with E-state index in [4.69, 9.17) is 11.6 Å². The van der Waals surface area contributed by atoms with Crippen molar-refractivity contribution in [2.24, 2.45) is 7.05 Å². The zero-order valence-corrected chi connectivity index (χ0v) is 13.0. The summed E-state index contributed by atoms with van der Waals surface area (Å²) in [5, 5.41) is 0.633. The molecule has 0 aliphatic carbocycles. The Labute approximate surface area is 128 Å². The quantitative estimate of drug-likeness (QED) is 0.814. The second kappa shape index (κ2) is 6.14. The van der Waals surface area contributed by atoms with Crippen molar-refractivity contribution in [3.05, 3.63) is 58.4 Å². The number of halogens is 1. The summed E-state index contributed by atoms with van der Waals surface area (Å²) >= 11 is 6.11. The fourth-order valence-electron chi connectivity index (χ4n) is 2.12. The third kappa shape index (κ3) is 3.34. The molecular weight excluding hydrogens is 288 g/mol. The molecular formula is C16H17ClN2O2. The van der Waals surface area contributed by atoms with Crippen LogP contribution in [-0.2, 0) is 13.6 Å². The van der Waals surface area contributed by atoms with Gasteiger partial charge in [-0.2, -0.15) is 0 Å². The van der Waals surface area contributed by atoms with Gasteiger partial charge in [0, 0.05) is 37.4 Å². The zero-order valence-electron chi connectivity index (χ0n) is 12.3. The number of aromatic nitrogens is 1. The van der Waals surface area contributed by atoms with E-state index in [1.54, 1.807) is 41.9 Å². The van der Waals surface area contributed by atoms with Crippen molar-refractivity contribution in [3.63, 3.8) is 0 Å². The fraction of sp³-hybridized carbons (Fsp3) is 0.250. The highest BCUT2D eigenvalue weighted by Gasteiger charge is 2.18. The molecule has 0 saturated carbocycles. The molecule has 0 N–H and O–H groups in total. The molecule has 0 aliphatic heterocycles. The summed E-state index contributed by atoms with van der Waals surface area (Å²) < 4.78 is 1.67. The molecule has 0 bridgehead atoms. The average molecular weight is 305 g/mol. The van der Waals surface area contributed by atoms with Gasteiger partial charge >= 0.3 is 0 Å². The number of benzene rings is 1. The van der Waals surface area contributed by atoms with E-state index in [2.05, 4.69) is 0 Å². The van der Waals surface area contributed by atoms with E-state index in [0.29, 0.717) is 22.8 Å². The lowest BCUT2D eigenvalue weighted by Gasteiger charge is -2.18. The highest BCUT2D eigenvalue weighted by Crippen LogP contribution is 2.18. The number of aryl methyl sites for hydroxylation is 1. The van der Waals surface area contributed by atoms with Crippen molar-refractivity contribution < 1.29 is 9.59 Å². The minimum absolute atomic E-state index is 0.0570. The van der Waals surface area contributed by atoms with E-state index < -0.39 is 0 Å². The van der Waals surface area contributed by atoms with Gasteiger partial charge in [0.05, 0.1) is 0 Å². The molecule has 21 heavy (non-hydrogen) atoms. The first-order valence-electron chi connectivity index (χ1n) is 6.56. The predicted octanol–water partition coefficient (Wildman–Crippen LogP) is 3.15. The maximum absolute atomic E-state index is 12.5. The van der Waals surface area contributed by atoms with Crippen LogP contribution in [0.5, 0.6) is 0 Å². The van der Waals surface area contributed by atoms with Gasteiger partial charge in [0.15, 0.2) is 5.78 Å². The summed E-state index contributed by atoms with van der Waals surface area (Å²) in [6, 6.07) is 9.04. The van der Waals surface area contributed by atoms with Crippen LogP contribution in [-0.4, -0.2) is 28.2 Å². The predicted molar refractivity (Wildman–Crippen MR) is 82.7 cm³/mol. The fourth-order valence-corrected chi connectivity index (χ4v) is 2.31. The van der Waals surface area contributed by atoms with Crippen LogP contribution in [0, 0.1) is 0 Å². The maximum Gasteiger partial charge on any atom is 0.270 e. The van der Waals surface area contributed by atoms with E-state index >= 15 is 0 Å². The standard InChI is InChI=1S/C16H17ClN2O2/c1-11(20)13-8-15(18(2)10-13)16(21)19(3)9-12-6-4-5-7-14(12)17/h4-8,10H,9H2,1-3H3. The molecule has 2 aromatic rings. The Morgan fingerprint density at radius 2 is 1.95 bits per heavy atom. The Balaban J connectivity index is 2.20. The first-order chi connectivity index (χ1) is 9.90. The molecule has 2 rings (SSSR count). The summed E-state index contributed by atoms with van der Waals surface area (Å²) in [5.74, 6) is -0.205. The molecule has 1 amide bonds. The van der Waals surface area contributed by atoms with Crippen LogP contribution in [0.2, 0.25) is 5.02 Å². The van der Waals surface area contributed by atoms with Crippen LogP contribution < -0.4 is 0 Å². The summed E-state index contributed by atoms with van der Waals surface area (Å²) in [6.45, 7) is 1.90. The lowest BCUT2D eigenvalue weighted by atomic mass is 10.2. The Morgan fingerprint density at radius 3 is 2.52 bits per heavy atom. The molecule has 110 valence electrons. The summed E-state index contributed by atoms with van der Waals surface area (Å²) in [6.07, 6.45) is 1.67. The maximum atomic E-state index is 12.5. The SMILES string of the molecule is CC(=O)c1cc(C(=O)N(C)Cc2ccccc2Cl)n(C)c1. The number of carbonyl (C=O) groups excluding carboxylic acids is 2. The van der Waals surface area contributed by atoms with Crippen molar-refractivity contribution in [1.29, 1.82) is 0 Å². The van der Waals surface area contributed by atoms with E-state index in [9.17, 15) is 9.59 Å². The molecule has 0 saturated heterocycles. The van der Waals surface area contributed by atoms with Gasteiger partial charge in [0.25, 0.3) is 5.91 Å². The number of nitrogens with zero attached hydrogens (tertiary/aromatic N) is 2. The number of amides is 1. The van der Waals surface area contributed by atoms with Crippen molar-refractivity contribution in [2.75, 3.05) is 7.05 Å². The molecule has 0 spiro atoms. The molecule has 1 heterocycles. The molecule has 1 aromatic heterocycles. The minimum atomic E-state index is -0.148. The zero-order chi connectivity index (χ0) is 15.6. The van der Waals surface area contributed by atoms with E-state index in [-0.39, 0.29) is 11.7 Å². The van der Waals surface area contributed by atoms with Gasteiger partial charge in [-0.3, -0.25) is 9.59 Å². The van der Waals surface area contributed by atoms with E-state index in [1.807, 2.05) is 18.2 Å². The van der Waals surface area contributed by atoms with Crippen molar-refractivity contribution in [2.45, 2.75) is 13.5 Å². The second-order valence-corrected chi connectivity index (χ2v) is 5.44. The Kier molecular flexibility index (Phi) is 4.48. The number of Topliss-reactive ketones (excluding diaryl/α,β-unsaturated/α-hetero) is 1. The van der Waals surface area contributed by atoms with Gasteiger partial charge in [-0.25, -0.2) is 0 Å². The summed E-state index contributed by atoms with van der Waals surface area (Å²) in [7, 11) is 3.47. The smallest absolute Gasteiger partial charge is 0.270 e. The Bertz CT molecular complexity index is 691. The topological polar surface area (TPSA) is 42.3 Å². The van der Waals surface area contributed by atoms with Crippen LogP contribution in [0.15, 0.2) is 36.5 Å². The number of ketones is 1. The highest BCUT2D eigenvalue weighted by molar-refractivity contribution is 6.31. The molecule has 5 heteroatoms. The van der Waals surface area contributed by atoms with Gasteiger partial charge < -0.3 is 9.47 Å². The van der Waals surface area contributed by atoms with Crippen LogP contribution in [0.25, 0.3) is 0 Å². The number of hydrogen-bond donors (Lipinski definition) is 0. The third-order valence-electron chi connectivity index (χ3n) is 3.34. The van der Waals surface area contributed by atoms with E-state index in [0.717, 1.165) is 5.56 Å². The van der Waals surface area contributed by atoms with Crippen molar-refractivity contribution >= 4 is 23.3 Å². The lowest BCUT2D eigenvalue weighted by molar-refractivity contribution is 0.0775. The number of rotatable bonds is 4. The molecule has 0 atom stereocenters. The minimum Gasteiger partial charge on any atom is -0.346 e. The van der Waals surface area contributed by atoms with Gasteiger partial charge in [0.2, 0.25) is 0 Å². The van der Waals surface area contributed by atoms with Gasteiger partial charge in [-0.1, -0.05) is 29.8 Å². The number of hydrogen-bond acceptors (Lipinski definition) is 2. The highest BCUT2D eigenvalue weighted by atomic mass is 35.5. The molecule has 0 fully saturated rings. The monoisotopic (exact) mass is 304 g/mol. The van der Waals surface area contributed by atoms with Crippen molar-refractivity contribution in [1.82, 2.24) is 9.47 Å². The van der Waals surface area contributed by atoms with Crippen LogP contribution in [0.4, 0.5) is 0 Å². The summed E-state index contributed by atoms with van der Waals surface area (Å²) in [5.41, 5.74) is 1.90. The van der Waals surface area contributed by atoms with Crippen LogP contribution in [0.1, 0.15) is 33.3 Å².